The van der Waals surface area contributed by atoms with E-state index < -0.39 is 5.82 Å². The quantitative estimate of drug-likeness (QED) is 0.613. The Morgan fingerprint density at radius 3 is 2.45 bits per heavy atom. The summed E-state index contributed by atoms with van der Waals surface area (Å²) in [6.45, 7) is 0.830. The zero-order valence-corrected chi connectivity index (χ0v) is 11.9. The van der Waals surface area contributed by atoms with E-state index in [1.165, 1.54) is 12.1 Å². The fraction of sp³-hybridized carbons (Fsp3) is 0.267. The molecular formula is C15H13FN4O2. The molecule has 0 radical (unpaired) electrons. The van der Waals surface area contributed by atoms with E-state index in [1.807, 2.05) is 0 Å². The lowest BCUT2D eigenvalue weighted by Crippen LogP contribution is -2.04. The maximum absolute atomic E-state index is 13.9. The van der Waals surface area contributed by atoms with Crippen LogP contribution in [0.5, 0.6) is 5.75 Å². The van der Waals surface area contributed by atoms with Gasteiger partial charge in [0.1, 0.15) is 23.9 Å². The Morgan fingerprint density at radius 1 is 1.18 bits per heavy atom. The number of anilines is 1. The number of ether oxygens (including phenoxy) is 2. The highest BCUT2D eigenvalue weighted by Gasteiger charge is 2.09. The van der Waals surface area contributed by atoms with E-state index in [0.717, 1.165) is 6.07 Å². The summed E-state index contributed by atoms with van der Waals surface area (Å²) in [6.07, 6.45) is 0.630. The van der Waals surface area contributed by atoms with Crippen molar-refractivity contribution in [3.63, 3.8) is 0 Å². The molecule has 0 amide bonds. The Bertz CT molecular complexity index is 664. The van der Waals surface area contributed by atoms with Crippen LogP contribution in [0.2, 0.25) is 0 Å². The van der Waals surface area contributed by atoms with Gasteiger partial charge in [-0.25, -0.2) is 4.39 Å². The van der Waals surface area contributed by atoms with Gasteiger partial charge >= 0.3 is 0 Å². The molecule has 0 atom stereocenters. The molecule has 1 N–H and O–H groups in total. The molecule has 0 aromatic heterocycles. The van der Waals surface area contributed by atoms with E-state index in [1.54, 1.807) is 25.3 Å². The van der Waals surface area contributed by atoms with Crippen molar-refractivity contribution in [1.82, 2.24) is 0 Å². The zero-order valence-electron chi connectivity index (χ0n) is 11.9. The van der Waals surface area contributed by atoms with Crippen LogP contribution < -0.4 is 10.1 Å². The van der Waals surface area contributed by atoms with Crippen molar-refractivity contribution in [2.24, 2.45) is 0 Å². The molecule has 0 heterocycles. The van der Waals surface area contributed by atoms with Crippen molar-refractivity contribution in [2.45, 2.75) is 6.42 Å². The van der Waals surface area contributed by atoms with Crippen molar-refractivity contribution in [3.8, 4) is 24.0 Å². The van der Waals surface area contributed by atoms with Gasteiger partial charge in [0.2, 0.25) is 0 Å². The summed E-state index contributed by atoms with van der Waals surface area (Å²) in [5.41, 5.74) is -0.373. The van der Waals surface area contributed by atoms with Crippen LogP contribution >= 0.6 is 0 Å². The fourth-order valence-corrected chi connectivity index (χ4v) is 1.51. The van der Waals surface area contributed by atoms with E-state index in [-0.39, 0.29) is 22.7 Å². The number of rotatable bonds is 7. The Balaban J connectivity index is 2.82. The molecule has 7 heteroatoms. The fourth-order valence-electron chi connectivity index (χ4n) is 1.51. The van der Waals surface area contributed by atoms with Crippen LogP contribution in [0.1, 0.15) is 6.42 Å². The molecule has 0 saturated carbocycles. The van der Waals surface area contributed by atoms with Gasteiger partial charge in [-0.1, -0.05) is 0 Å². The van der Waals surface area contributed by atoms with Gasteiger partial charge in [0.05, 0.1) is 6.61 Å². The van der Waals surface area contributed by atoms with Gasteiger partial charge in [0.25, 0.3) is 0 Å². The molecule has 1 aromatic rings. The first kappa shape index (κ1) is 17.0. The number of allylic oxidation sites excluding steroid dienone is 2. The third-order valence-corrected chi connectivity index (χ3v) is 2.54. The molecular weight excluding hydrogens is 287 g/mol. The SMILES string of the molecule is COCCCOc1ccc(NC(C#N)=C(C#N)C#N)cc1F. The highest BCUT2D eigenvalue weighted by molar-refractivity contribution is 5.59. The number of hydrogen-bond acceptors (Lipinski definition) is 6. The molecule has 0 spiro atoms. The second kappa shape index (κ2) is 8.97. The van der Waals surface area contributed by atoms with Crippen LogP contribution in [0.4, 0.5) is 10.1 Å². The smallest absolute Gasteiger partial charge is 0.167 e. The molecule has 0 aliphatic rings. The van der Waals surface area contributed by atoms with E-state index in [2.05, 4.69) is 5.32 Å². The molecule has 0 aliphatic heterocycles. The molecule has 0 fully saturated rings. The van der Waals surface area contributed by atoms with Gasteiger partial charge in [-0.2, -0.15) is 15.8 Å². The van der Waals surface area contributed by atoms with Gasteiger partial charge in [-0.05, 0) is 12.1 Å². The molecule has 6 nitrogen and oxygen atoms in total. The maximum Gasteiger partial charge on any atom is 0.167 e. The summed E-state index contributed by atoms with van der Waals surface area (Å²) in [6, 6.07) is 8.88. The predicted molar refractivity (Wildman–Crippen MR) is 75.9 cm³/mol. The first-order valence-corrected chi connectivity index (χ1v) is 6.29. The summed E-state index contributed by atoms with van der Waals surface area (Å²) in [5, 5.41) is 28.9. The van der Waals surface area contributed by atoms with Crippen molar-refractivity contribution < 1.29 is 13.9 Å². The van der Waals surface area contributed by atoms with Crippen LogP contribution in [0.15, 0.2) is 29.5 Å². The standard InChI is InChI=1S/C15H13FN4O2/c1-21-5-2-6-22-15-4-3-12(7-13(15)16)20-14(10-19)11(8-17)9-18/h3-4,7,20H,2,5-6H2,1H3. The normalized spacial score (nSPS) is 9.05. The van der Waals surface area contributed by atoms with Crippen LogP contribution in [0.3, 0.4) is 0 Å². The van der Waals surface area contributed by atoms with Crippen LogP contribution in [0, 0.1) is 39.8 Å². The largest absolute Gasteiger partial charge is 0.490 e. The van der Waals surface area contributed by atoms with Crippen LogP contribution in [-0.4, -0.2) is 20.3 Å². The predicted octanol–water partition coefficient (Wildman–Crippen LogP) is 2.48. The molecule has 1 rings (SSSR count). The topological polar surface area (TPSA) is 102 Å². The number of hydrogen-bond donors (Lipinski definition) is 1. The number of nitriles is 3. The third kappa shape index (κ3) is 4.79. The number of nitrogens with one attached hydrogen (secondary N) is 1. The first-order valence-electron chi connectivity index (χ1n) is 6.29. The summed E-state index contributed by atoms with van der Waals surface area (Å²) >= 11 is 0. The Hall–Kier alpha value is -3.08. The van der Waals surface area contributed by atoms with E-state index >= 15 is 0 Å². The molecule has 0 saturated heterocycles. The first-order chi connectivity index (χ1) is 10.7. The highest BCUT2D eigenvalue weighted by atomic mass is 19.1. The second-order valence-corrected chi connectivity index (χ2v) is 4.05. The molecule has 112 valence electrons. The van der Waals surface area contributed by atoms with Gasteiger partial charge in [-0.3, -0.25) is 0 Å². The summed E-state index contributed by atoms with van der Waals surface area (Å²) < 4.78 is 24.0. The minimum absolute atomic E-state index is 0.0740. The van der Waals surface area contributed by atoms with Crippen molar-refractivity contribution in [2.75, 3.05) is 25.6 Å². The van der Waals surface area contributed by atoms with Gasteiger partial charge in [-0.15, -0.1) is 0 Å². The third-order valence-electron chi connectivity index (χ3n) is 2.54. The van der Waals surface area contributed by atoms with Gasteiger partial charge < -0.3 is 14.8 Å². The van der Waals surface area contributed by atoms with Crippen molar-refractivity contribution in [3.05, 3.63) is 35.3 Å². The summed E-state index contributed by atoms with van der Waals surface area (Å²) in [7, 11) is 1.57. The Labute approximate surface area is 127 Å². The van der Waals surface area contributed by atoms with Crippen molar-refractivity contribution in [1.29, 1.82) is 15.8 Å². The molecule has 0 bridgehead atoms. The lowest BCUT2D eigenvalue weighted by Gasteiger charge is -2.09. The Kier molecular flexibility index (Phi) is 6.92. The monoisotopic (exact) mass is 300 g/mol. The zero-order chi connectivity index (χ0) is 16.4. The average molecular weight is 300 g/mol. The van der Waals surface area contributed by atoms with E-state index in [0.29, 0.717) is 19.6 Å². The van der Waals surface area contributed by atoms with Gasteiger partial charge in [0.15, 0.2) is 17.1 Å². The number of benzene rings is 1. The minimum Gasteiger partial charge on any atom is -0.490 e. The average Bonchev–Trinajstić information content (AvgIpc) is 2.53. The summed E-state index contributed by atoms with van der Waals surface area (Å²) in [5.74, 6) is -0.542. The summed E-state index contributed by atoms with van der Waals surface area (Å²) in [4.78, 5) is 0. The van der Waals surface area contributed by atoms with Gasteiger partial charge in [0, 0.05) is 31.9 Å². The molecule has 0 unspecified atom stereocenters. The lowest BCUT2D eigenvalue weighted by molar-refractivity contribution is 0.170. The highest BCUT2D eigenvalue weighted by Crippen LogP contribution is 2.22. The maximum atomic E-state index is 13.9. The number of nitrogens with zero attached hydrogens (tertiary/aromatic N) is 3. The molecule has 1 aromatic carbocycles. The van der Waals surface area contributed by atoms with E-state index in [4.69, 9.17) is 25.3 Å². The number of halogens is 1. The molecule has 22 heavy (non-hydrogen) atoms. The minimum atomic E-state index is -0.616. The molecule has 0 aliphatic carbocycles. The van der Waals surface area contributed by atoms with Crippen molar-refractivity contribution >= 4 is 5.69 Å². The lowest BCUT2D eigenvalue weighted by atomic mass is 10.2. The van der Waals surface area contributed by atoms with Crippen LogP contribution in [0.25, 0.3) is 0 Å². The van der Waals surface area contributed by atoms with Crippen LogP contribution in [-0.2, 0) is 4.74 Å². The Morgan fingerprint density at radius 2 is 1.91 bits per heavy atom. The number of methoxy groups -OCH3 is 1. The van der Waals surface area contributed by atoms with E-state index in [9.17, 15) is 4.39 Å². The second-order valence-electron chi connectivity index (χ2n) is 4.05.